The molecule has 0 heterocycles. The van der Waals surface area contributed by atoms with E-state index in [1.807, 2.05) is 6.07 Å². The summed E-state index contributed by atoms with van der Waals surface area (Å²) in [4.78, 5) is 1.02. The molecule has 0 fully saturated rings. The third-order valence-corrected chi connectivity index (χ3v) is 2.23. The molecule has 0 N–H and O–H groups in total. The van der Waals surface area contributed by atoms with Gasteiger partial charge in [0.2, 0.25) is 0 Å². The fourth-order valence-electron chi connectivity index (χ4n) is 1.34. The summed E-state index contributed by atoms with van der Waals surface area (Å²) in [7, 11) is 0. The Hall–Kier alpha value is -0.950. The average molecular weight is 174 g/mol. The van der Waals surface area contributed by atoms with Gasteiger partial charge in [-0.05, 0) is 29.0 Å². The van der Waals surface area contributed by atoms with Crippen LogP contribution in [0.4, 0.5) is 0 Å². The van der Waals surface area contributed by atoms with Gasteiger partial charge >= 0.3 is 0 Å². The minimum Gasteiger partial charge on any atom is -0.143 e. The van der Waals surface area contributed by atoms with Crippen molar-refractivity contribution in [1.82, 2.24) is 0 Å². The van der Waals surface area contributed by atoms with Crippen molar-refractivity contribution in [1.29, 1.82) is 0 Å². The third-order valence-electron chi connectivity index (χ3n) is 1.96. The van der Waals surface area contributed by atoms with E-state index in [0.717, 1.165) is 11.3 Å². The lowest BCUT2D eigenvalue weighted by Crippen LogP contribution is -2.23. The van der Waals surface area contributed by atoms with Crippen molar-refractivity contribution in [2.24, 2.45) is 0 Å². The zero-order valence-corrected chi connectivity index (χ0v) is 7.59. The van der Waals surface area contributed by atoms with Crippen LogP contribution in [0.3, 0.4) is 0 Å². The predicted molar refractivity (Wildman–Crippen MR) is 55.6 cm³/mol. The number of allylic oxidation sites excluding steroid dienone is 2. The molecule has 0 atom stereocenters. The van der Waals surface area contributed by atoms with E-state index in [1.165, 1.54) is 10.4 Å². The van der Waals surface area contributed by atoms with Crippen molar-refractivity contribution in [3.8, 4) is 0 Å². The molecule has 0 unspecified atom stereocenters. The van der Waals surface area contributed by atoms with Crippen molar-refractivity contribution in [2.75, 3.05) is 0 Å². The van der Waals surface area contributed by atoms with Crippen molar-refractivity contribution < 1.29 is 0 Å². The van der Waals surface area contributed by atoms with Crippen LogP contribution in [0.25, 0.3) is 12.2 Å². The molecule has 1 aliphatic rings. The van der Waals surface area contributed by atoms with Gasteiger partial charge in [-0.15, -0.1) is 12.6 Å². The summed E-state index contributed by atoms with van der Waals surface area (Å²) in [6.45, 7) is 0. The van der Waals surface area contributed by atoms with Gasteiger partial charge in [-0.2, -0.15) is 0 Å². The largest absolute Gasteiger partial charge is 0.143 e. The first-order chi connectivity index (χ1) is 5.86. The molecular formula is C11H10S. The van der Waals surface area contributed by atoms with Gasteiger partial charge in [0.25, 0.3) is 0 Å². The number of fused-ring (bicyclic) bond motifs is 1. The Labute approximate surface area is 77.3 Å². The molecule has 0 saturated heterocycles. The van der Waals surface area contributed by atoms with E-state index in [1.54, 1.807) is 0 Å². The van der Waals surface area contributed by atoms with E-state index in [4.69, 9.17) is 0 Å². The zero-order chi connectivity index (χ0) is 8.39. The lowest BCUT2D eigenvalue weighted by Gasteiger charge is -1.91. The van der Waals surface area contributed by atoms with Crippen molar-refractivity contribution >= 4 is 24.8 Å². The summed E-state index contributed by atoms with van der Waals surface area (Å²) in [6.07, 6.45) is 9.62. The van der Waals surface area contributed by atoms with E-state index in [0.29, 0.717) is 0 Å². The standard InChI is InChI=1S/C11H10S/c12-11-7-6-9-4-2-1-3-5-10(9)8-11/h1,3-8,12H,2H2. The van der Waals surface area contributed by atoms with Crippen LogP contribution < -0.4 is 10.4 Å². The Morgan fingerprint density at radius 3 is 3.00 bits per heavy atom. The van der Waals surface area contributed by atoms with E-state index in [9.17, 15) is 0 Å². The maximum atomic E-state index is 4.30. The summed E-state index contributed by atoms with van der Waals surface area (Å²) in [5, 5.41) is 2.56. The lowest BCUT2D eigenvalue weighted by molar-refractivity contribution is 1.37. The van der Waals surface area contributed by atoms with Gasteiger partial charge in [0.15, 0.2) is 0 Å². The minimum absolute atomic E-state index is 1.02. The molecule has 0 aliphatic heterocycles. The molecule has 0 aromatic heterocycles. The summed E-state index contributed by atoms with van der Waals surface area (Å²) in [5.74, 6) is 0. The number of hydrogen-bond donors (Lipinski definition) is 1. The highest BCUT2D eigenvalue weighted by Crippen LogP contribution is 1.98. The second kappa shape index (κ2) is 3.20. The maximum Gasteiger partial charge on any atom is 0.00463 e. The average Bonchev–Trinajstić information content (AvgIpc) is 2.28. The summed E-state index contributed by atoms with van der Waals surface area (Å²) < 4.78 is 0. The fraction of sp³-hybridized carbons (Fsp3) is 0.0909. The van der Waals surface area contributed by atoms with Crippen LogP contribution in [0, 0.1) is 0 Å². The highest BCUT2D eigenvalue weighted by Gasteiger charge is 1.88. The van der Waals surface area contributed by atoms with Crippen LogP contribution in [0.1, 0.15) is 6.42 Å². The molecule has 1 heteroatoms. The Balaban J connectivity index is 2.79. The molecule has 0 radical (unpaired) electrons. The SMILES string of the molecule is Sc1ccc2c(c1)=CC=CCC=2. The predicted octanol–water partition coefficient (Wildman–Crippen LogP) is 1.50. The van der Waals surface area contributed by atoms with Crippen LogP contribution in [-0.2, 0) is 0 Å². The second-order valence-corrected chi connectivity index (χ2v) is 3.36. The number of hydrogen-bond acceptors (Lipinski definition) is 1. The molecule has 0 spiro atoms. The molecule has 1 aliphatic carbocycles. The van der Waals surface area contributed by atoms with E-state index < -0.39 is 0 Å². The summed E-state index contributed by atoms with van der Waals surface area (Å²) in [5.41, 5.74) is 0. The van der Waals surface area contributed by atoms with E-state index >= 15 is 0 Å². The Morgan fingerprint density at radius 2 is 2.08 bits per heavy atom. The molecule has 0 nitrogen and oxygen atoms in total. The highest BCUT2D eigenvalue weighted by atomic mass is 32.1. The minimum atomic E-state index is 1.02. The first-order valence-corrected chi connectivity index (χ1v) is 4.47. The van der Waals surface area contributed by atoms with Gasteiger partial charge in [0.1, 0.15) is 0 Å². The van der Waals surface area contributed by atoms with Crippen molar-refractivity contribution in [3.63, 3.8) is 0 Å². The van der Waals surface area contributed by atoms with Crippen LogP contribution in [0.5, 0.6) is 0 Å². The fourth-order valence-corrected chi connectivity index (χ4v) is 1.55. The van der Waals surface area contributed by atoms with Gasteiger partial charge in [-0.1, -0.05) is 30.4 Å². The first-order valence-electron chi connectivity index (χ1n) is 4.02. The first kappa shape index (κ1) is 7.69. The van der Waals surface area contributed by atoms with E-state index in [-0.39, 0.29) is 0 Å². The van der Waals surface area contributed by atoms with E-state index in [2.05, 4.69) is 49.1 Å². The maximum absolute atomic E-state index is 4.30. The molecular weight excluding hydrogens is 164 g/mol. The molecule has 1 aromatic carbocycles. The molecule has 2 rings (SSSR count). The monoisotopic (exact) mass is 174 g/mol. The second-order valence-electron chi connectivity index (χ2n) is 2.85. The number of rotatable bonds is 0. The number of thiol groups is 1. The topological polar surface area (TPSA) is 0 Å². The molecule has 0 amide bonds. The van der Waals surface area contributed by atoms with Crippen LogP contribution in [-0.4, -0.2) is 0 Å². The zero-order valence-electron chi connectivity index (χ0n) is 6.70. The summed E-state index contributed by atoms with van der Waals surface area (Å²) in [6, 6.07) is 6.23. The summed E-state index contributed by atoms with van der Waals surface area (Å²) >= 11 is 4.30. The molecule has 12 heavy (non-hydrogen) atoms. The third kappa shape index (κ3) is 1.46. The molecule has 0 bridgehead atoms. The van der Waals surface area contributed by atoms with Gasteiger partial charge < -0.3 is 0 Å². The molecule has 60 valence electrons. The van der Waals surface area contributed by atoms with Crippen LogP contribution >= 0.6 is 12.6 Å². The van der Waals surface area contributed by atoms with Gasteiger partial charge in [-0.3, -0.25) is 0 Å². The van der Waals surface area contributed by atoms with Gasteiger partial charge in [0, 0.05) is 4.90 Å². The van der Waals surface area contributed by atoms with Crippen LogP contribution in [0.2, 0.25) is 0 Å². The van der Waals surface area contributed by atoms with Gasteiger partial charge in [-0.25, -0.2) is 0 Å². The smallest absolute Gasteiger partial charge is 0.00463 e. The van der Waals surface area contributed by atoms with Crippen molar-refractivity contribution in [3.05, 3.63) is 40.8 Å². The van der Waals surface area contributed by atoms with Gasteiger partial charge in [0.05, 0.1) is 0 Å². The quantitative estimate of drug-likeness (QED) is 0.566. The van der Waals surface area contributed by atoms with Crippen molar-refractivity contribution in [2.45, 2.75) is 11.3 Å². The highest BCUT2D eigenvalue weighted by molar-refractivity contribution is 7.80. The Kier molecular flexibility index (Phi) is 2.05. The number of benzene rings is 1. The molecule has 0 saturated carbocycles. The Morgan fingerprint density at radius 1 is 1.17 bits per heavy atom. The Bertz CT molecular complexity index is 427. The normalized spacial score (nSPS) is 14.1. The molecule has 1 aromatic rings. The van der Waals surface area contributed by atoms with Crippen LogP contribution in [0.15, 0.2) is 35.2 Å². The lowest BCUT2D eigenvalue weighted by atomic mass is 10.2.